The lowest BCUT2D eigenvalue weighted by Gasteiger charge is -2.11. The number of rotatable bonds is 3. The Hall–Kier alpha value is -1.93. The maximum atomic E-state index is 8.80. The highest BCUT2D eigenvalue weighted by Gasteiger charge is 2.09. The molecule has 2 rings (SSSR count). The molecule has 0 saturated heterocycles. The van der Waals surface area contributed by atoms with Gasteiger partial charge in [-0.05, 0) is 26.0 Å². The fourth-order valence-electron chi connectivity index (χ4n) is 1.43. The average molecular weight is 244 g/mol. The van der Waals surface area contributed by atoms with Crippen molar-refractivity contribution in [3.8, 4) is 6.07 Å². The lowest BCUT2D eigenvalue weighted by Crippen LogP contribution is -2.07. The van der Waals surface area contributed by atoms with Gasteiger partial charge < -0.3 is 5.32 Å². The van der Waals surface area contributed by atoms with Gasteiger partial charge in [0.2, 0.25) is 0 Å². The second-order valence-corrected chi connectivity index (χ2v) is 4.98. The molecule has 1 unspecified atom stereocenters. The summed E-state index contributed by atoms with van der Waals surface area (Å²) in [6.45, 7) is 4.06. The summed E-state index contributed by atoms with van der Waals surface area (Å²) < 4.78 is 0. The van der Waals surface area contributed by atoms with Crippen LogP contribution in [0.3, 0.4) is 0 Å². The number of aryl methyl sites for hydroxylation is 1. The molecule has 17 heavy (non-hydrogen) atoms. The molecule has 0 aromatic carbocycles. The van der Waals surface area contributed by atoms with E-state index in [2.05, 4.69) is 21.4 Å². The molecule has 86 valence electrons. The number of nitrogens with one attached hydrogen (secondary N) is 1. The predicted octanol–water partition coefficient (Wildman–Crippen LogP) is 2.89. The summed E-state index contributed by atoms with van der Waals surface area (Å²) in [4.78, 5) is 9.68. The van der Waals surface area contributed by atoms with Crippen molar-refractivity contribution in [3.05, 3.63) is 40.0 Å². The van der Waals surface area contributed by atoms with Crippen LogP contribution < -0.4 is 5.32 Å². The zero-order chi connectivity index (χ0) is 12.3. The topological polar surface area (TPSA) is 61.6 Å². The minimum absolute atomic E-state index is 0.0927. The zero-order valence-corrected chi connectivity index (χ0v) is 10.5. The van der Waals surface area contributed by atoms with Gasteiger partial charge in [0.05, 0.1) is 17.7 Å². The Morgan fingerprint density at radius 1 is 1.47 bits per heavy atom. The van der Waals surface area contributed by atoms with E-state index in [1.54, 1.807) is 29.7 Å². The molecule has 0 aliphatic rings. The molecule has 2 aromatic heterocycles. The van der Waals surface area contributed by atoms with Gasteiger partial charge in [0.25, 0.3) is 0 Å². The van der Waals surface area contributed by atoms with E-state index < -0.39 is 0 Å². The molecular weight excluding hydrogens is 232 g/mol. The van der Waals surface area contributed by atoms with Crippen LogP contribution in [0.2, 0.25) is 0 Å². The minimum atomic E-state index is 0.0927. The Morgan fingerprint density at radius 3 is 2.94 bits per heavy atom. The molecule has 4 nitrogen and oxygen atoms in total. The van der Waals surface area contributed by atoms with Crippen molar-refractivity contribution in [3.63, 3.8) is 0 Å². The van der Waals surface area contributed by atoms with Crippen molar-refractivity contribution in [2.75, 3.05) is 5.32 Å². The van der Waals surface area contributed by atoms with E-state index in [9.17, 15) is 0 Å². The SMILES string of the molecule is Cc1cnc(C(C)Nc2cc(C#N)ccn2)s1. The van der Waals surface area contributed by atoms with Crippen molar-refractivity contribution in [2.45, 2.75) is 19.9 Å². The third-order valence-electron chi connectivity index (χ3n) is 2.26. The number of pyridine rings is 1. The van der Waals surface area contributed by atoms with Crippen molar-refractivity contribution >= 4 is 17.2 Å². The number of nitriles is 1. The molecule has 1 N–H and O–H groups in total. The lowest BCUT2D eigenvalue weighted by atomic mass is 10.3. The van der Waals surface area contributed by atoms with E-state index in [1.165, 1.54) is 4.88 Å². The maximum absolute atomic E-state index is 8.80. The summed E-state index contributed by atoms with van der Waals surface area (Å²) >= 11 is 1.66. The van der Waals surface area contributed by atoms with Crippen LogP contribution in [-0.4, -0.2) is 9.97 Å². The first-order valence-corrected chi connectivity index (χ1v) is 6.05. The van der Waals surface area contributed by atoms with Gasteiger partial charge in [-0.3, -0.25) is 0 Å². The maximum Gasteiger partial charge on any atom is 0.127 e. The van der Waals surface area contributed by atoms with E-state index in [4.69, 9.17) is 5.26 Å². The van der Waals surface area contributed by atoms with Crippen LogP contribution in [0.1, 0.15) is 28.4 Å². The second-order valence-electron chi connectivity index (χ2n) is 3.72. The Balaban J connectivity index is 2.13. The van der Waals surface area contributed by atoms with Gasteiger partial charge >= 0.3 is 0 Å². The van der Waals surface area contributed by atoms with Crippen LogP contribution in [0.15, 0.2) is 24.5 Å². The Bertz CT molecular complexity index is 556. The largest absolute Gasteiger partial charge is 0.361 e. The summed E-state index contributed by atoms with van der Waals surface area (Å²) in [5.74, 6) is 0.699. The monoisotopic (exact) mass is 244 g/mol. The van der Waals surface area contributed by atoms with Crippen molar-refractivity contribution in [1.29, 1.82) is 5.26 Å². The lowest BCUT2D eigenvalue weighted by molar-refractivity contribution is 0.860. The smallest absolute Gasteiger partial charge is 0.127 e. The van der Waals surface area contributed by atoms with Crippen LogP contribution in [0.5, 0.6) is 0 Å². The fourth-order valence-corrected chi connectivity index (χ4v) is 2.21. The van der Waals surface area contributed by atoms with Gasteiger partial charge in [0, 0.05) is 17.3 Å². The number of hydrogen-bond donors (Lipinski definition) is 1. The summed E-state index contributed by atoms with van der Waals surface area (Å²) in [7, 11) is 0. The molecule has 0 radical (unpaired) electrons. The molecular formula is C12H12N4S. The van der Waals surface area contributed by atoms with Gasteiger partial charge in [0.15, 0.2) is 0 Å². The number of anilines is 1. The summed E-state index contributed by atoms with van der Waals surface area (Å²) in [6.07, 6.45) is 3.48. The van der Waals surface area contributed by atoms with Gasteiger partial charge in [-0.15, -0.1) is 11.3 Å². The molecule has 0 bridgehead atoms. The molecule has 0 aliphatic carbocycles. The standard InChI is InChI=1S/C12H12N4S/c1-8-7-15-12(17-8)9(2)16-11-5-10(6-13)3-4-14-11/h3-5,7,9H,1-2H3,(H,14,16). The van der Waals surface area contributed by atoms with Crippen molar-refractivity contribution in [1.82, 2.24) is 9.97 Å². The van der Waals surface area contributed by atoms with E-state index in [0.717, 1.165) is 5.01 Å². The second kappa shape index (κ2) is 4.93. The van der Waals surface area contributed by atoms with Crippen LogP contribution in [0.25, 0.3) is 0 Å². The Labute approximate surface area is 104 Å². The normalized spacial score (nSPS) is 11.8. The molecule has 0 fully saturated rings. The molecule has 2 heterocycles. The zero-order valence-electron chi connectivity index (χ0n) is 9.64. The summed E-state index contributed by atoms with van der Waals surface area (Å²) in [6, 6.07) is 5.60. The molecule has 5 heteroatoms. The molecule has 0 amide bonds. The van der Waals surface area contributed by atoms with E-state index in [1.807, 2.05) is 20.0 Å². The number of nitrogens with zero attached hydrogens (tertiary/aromatic N) is 3. The van der Waals surface area contributed by atoms with Crippen molar-refractivity contribution in [2.24, 2.45) is 0 Å². The number of hydrogen-bond acceptors (Lipinski definition) is 5. The third kappa shape index (κ3) is 2.80. The first-order chi connectivity index (χ1) is 8.19. The van der Waals surface area contributed by atoms with E-state index >= 15 is 0 Å². The van der Waals surface area contributed by atoms with E-state index in [-0.39, 0.29) is 6.04 Å². The predicted molar refractivity (Wildman–Crippen MR) is 67.8 cm³/mol. The highest BCUT2D eigenvalue weighted by Crippen LogP contribution is 2.22. The number of aromatic nitrogens is 2. The first-order valence-electron chi connectivity index (χ1n) is 5.24. The van der Waals surface area contributed by atoms with Crippen LogP contribution in [0.4, 0.5) is 5.82 Å². The highest BCUT2D eigenvalue weighted by molar-refractivity contribution is 7.11. The molecule has 0 spiro atoms. The summed E-state index contributed by atoms with van der Waals surface area (Å²) in [5, 5.41) is 13.1. The summed E-state index contributed by atoms with van der Waals surface area (Å²) in [5.41, 5.74) is 0.602. The molecule has 0 saturated carbocycles. The highest BCUT2D eigenvalue weighted by atomic mass is 32.1. The van der Waals surface area contributed by atoms with Crippen LogP contribution >= 0.6 is 11.3 Å². The number of thiazole rings is 1. The minimum Gasteiger partial charge on any atom is -0.361 e. The van der Waals surface area contributed by atoms with E-state index in [0.29, 0.717) is 11.4 Å². The quantitative estimate of drug-likeness (QED) is 0.901. The molecule has 1 atom stereocenters. The van der Waals surface area contributed by atoms with Gasteiger partial charge in [-0.25, -0.2) is 9.97 Å². The Kier molecular flexibility index (Phi) is 3.35. The molecule has 2 aromatic rings. The fraction of sp³-hybridized carbons (Fsp3) is 0.250. The van der Waals surface area contributed by atoms with Crippen molar-refractivity contribution < 1.29 is 0 Å². The van der Waals surface area contributed by atoms with Gasteiger partial charge in [-0.2, -0.15) is 5.26 Å². The van der Waals surface area contributed by atoms with Crippen LogP contribution in [0, 0.1) is 18.3 Å². The third-order valence-corrected chi connectivity index (χ3v) is 3.36. The average Bonchev–Trinajstić information content (AvgIpc) is 2.76. The van der Waals surface area contributed by atoms with Gasteiger partial charge in [-0.1, -0.05) is 0 Å². The van der Waals surface area contributed by atoms with Crippen LogP contribution in [-0.2, 0) is 0 Å². The first kappa shape index (κ1) is 11.6. The molecule has 0 aliphatic heterocycles. The Morgan fingerprint density at radius 2 is 2.29 bits per heavy atom. The van der Waals surface area contributed by atoms with Gasteiger partial charge in [0.1, 0.15) is 10.8 Å².